The second-order valence-electron chi connectivity index (χ2n) is 58.4. The van der Waals surface area contributed by atoms with E-state index in [4.69, 9.17) is 4.74 Å². The van der Waals surface area contributed by atoms with Gasteiger partial charge in [0.2, 0.25) is 0 Å². The molecule has 1 aliphatic carbocycles. The lowest BCUT2D eigenvalue weighted by molar-refractivity contribution is -0.231. The molecule has 0 aromatic heterocycles. The van der Waals surface area contributed by atoms with Crippen LogP contribution in [0.15, 0.2) is 0 Å². The standard InChI is InChI=1S/2C10H20FN.2C10H21N.C9H18FN.C9H17N.C9H19N.C8H14F3N.C8H17NO.2C8H17N.C7H13F2N.C7H14FN.C7H15N.CH4/c1-7-5-12-6-8(11)9(7)10(2,3)4;1-9(2,3)8-5-6-12-7-10(8,4)11;2*1-9(2,3)10(4)5-7-11-8-6-10;1-8(2,3)9(10)4-6-11-7-5-9;1-9(2,3)8-6-4-10-5-7(6)8;1-9(2,3)8-4-6-10-7-5-8;1-6(2)7(8(9,10)11)3-4-12-5-7;1-8(2,3)7-6-9-4-5-10-7;1-6(2)8-5-9-4-7(8)3;1-7(2)8(3)4-5-9-6-8;1-5(2)6-3-10-4-7(6,8)9;1-6(2)7(8)3-4-9-5-7;1-6(2)7-3-4-8-5-7;/h7-9,12H,5-6H2,1-4H3;8,12H,5-7H2,1-4H3;2*11H,5-8H2,1-4H3;11H,4-7H2,1-3H3;6-8,10H,4-5H2,1-3H3;8,10H,4-7H2,1-3H3;6,12H,3-5H2,1-2H3;7,9H,4-6H2,1-3H3;6-9H,4-5H2,1-3H3;7,9H,4-6H2,1-3H3;5-6,10H,3-4H2,1-2H3;6,9H,3-5H2,1-2H3;6-8H,3-5H2,1-2H3;1H4. The van der Waals surface area contributed by atoms with E-state index in [9.17, 15) is 39.5 Å². The molecule has 15 atom stereocenters. The Morgan fingerprint density at radius 1 is 0.324 bits per heavy atom. The van der Waals surface area contributed by atoms with Gasteiger partial charge in [0.15, 0.2) is 0 Å². The molecule has 14 saturated heterocycles. The number of hydrogen-bond donors (Lipinski definition) is 14. The van der Waals surface area contributed by atoms with Gasteiger partial charge in [-0.05, 0) is 369 Å². The van der Waals surface area contributed by atoms with Gasteiger partial charge >= 0.3 is 6.18 Å². The Labute approximate surface area is 892 Å². The first-order chi connectivity index (χ1) is 65.7. The third-order valence-electron chi connectivity index (χ3n) is 37.4. The van der Waals surface area contributed by atoms with E-state index in [2.05, 4.69) is 296 Å². The average molecular weight is 2090 g/mol. The van der Waals surface area contributed by atoms with Crippen molar-refractivity contribution in [3.8, 4) is 0 Å². The van der Waals surface area contributed by atoms with Crippen molar-refractivity contribution in [2.45, 2.75) is 423 Å². The molecule has 0 spiro atoms. The smallest absolute Gasteiger partial charge is 0.375 e. The minimum absolute atomic E-state index is 0. The molecule has 14 aliphatic heterocycles. The van der Waals surface area contributed by atoms with Gasteiger partial charge in [-0.15, -0.1) is 0 Å². The van der Waals surface area contributed by atoms with Crippen LogP contribution in [0.4, 0.5) is 39.5 Å². The number of ether oxygens (including phenoxy) is 1. The van der Waals surface area contributed by atoms with Gasteiger partial charge in [0, 0.05) is 58.3 Å². The number of rotatable bonds is 6. The third-order valence-corrected chi connectivity index (χ3v) is 37.4. The maximum atomic E-state index is 14.0. The number of fused-ring (bicyclic) bond motifs is 1. The molecule has 0 bridgehead atoms. The van der Waals surface area contributed by atoms with E-state index in [-0.39, 0.29) is 78.2 Å². The highest BCUT2D eigenvalue weighted by Gasteiger charge is 2.59. The van der Waals surface area contributed by atoms with Gasteiger partial charge in [0.1, 0.15) is 23.2 Å². The van der Waals surface area contributed by atoms with Crippen molar-refractivity contribution >= 4 is 0 Å². The van der Waals surface area contributed by atoms with E-state index < -0.39 is 46.6 Å². The normalized spacial score (nSPS) is 31.8. The molecule has 15 nitrogen and oxygen atoms in total. The molecule has 24 heteroatoms. The van der Waals surface area contributed by atoms with Crippen molar-refractivity contribution in [3.05, 3.63) is 0 Å². The molecule has 1 saturated carbocycles. The number of halogens is 9. The summed E-state index contributed by atoms with van der Waals surface area (Å²) in [6.45, 7) is 119. The summed E-state index contributed by atoms with van der Waals surface area (Å²) in [7, 11) is 0. The van der Waals surface area contributed by atoms with Crippen molar-refractivity contribution in [2.75, 3.05) is 190 Å². The molecular weight excluding hydrogens is 1840 g/mol. The number of hydrogen-bond acceptors (Lipinski definition) is 15. The summed E-state index contributed by atoms with van der Waals surface area (Å²) < 4.78 is 124. The first-order valence-corrected chi connectivity index (χ1v) is 58.4. The summed E-state index contributed by atoms with van der Waals surface area (Å²) in [4.78, 5) is 0. The lowest BCUT2D eigenvalue weighted by Crippen LogP contribution is -2.51. The Morgan fingerprint density at radius 3 is 0.986 bits per heavy atom. The lowest BCUT2D eigenvalue weighted by atomic mass is 9.63. The third kappa shape index (κ3) is 48.4. The molecular formula is C121H247F9N14O. The van der Waals surface area contributed by atoms with Crippen LogP contribution in [-0.4, -0.2) is 231 Å². The van der Waals surface area contributed by atoms with Gasteiger partial charge in [-0.3, -0.25) is 0 Å². The SMILES string of the molecule is C.CC(C)(C)C1(C)CCNCC1.CC(C)(C)C1(C)CCNCC1.CC(C)(C)C1(F)CCNCC1.CC(C)(C)C1C2CNCC21.CC(C)(C)C1CCNCC1.CC(C)(C)C1CCNCC1(C)F.CC(C)(C)C1CNCCO1.CC(C)C1(C(F)(F)F)CCNC1.CC(C)C1(C)CCNC1.CC(C)C1(F)CCNC1.CC(C)C1CCNC1.CC(C)C1CNCC1(F)F.CC(C)C1CNCC1C.CC1CNCC(F)C1C(C)(C)C. The highest BCUT2D eigenvalue weighted by atomic mass is 19.4. The zero-order valence-corrected chi connectivity index (χ0v) is 102. The van der Waals surface area contributed by atoms with Gasteiger partial charge in [-0.25, -0.2) is 26.3 Å². The summed E-state index contributed by atoms with van der Waals surface area (Å²) in [5, 5.41) is 45.0. The summed E-state index contributed by atoms with van der Waals surface area (Å²) in [6, 6.07) is 0. The zero-order valence-electron chi connectivity index (χ0n) is 102. The second kappa shape index (κ2) is 62.2. The fraction of sp³-hybridized carbons (Fsp3) is 1.00. The molecule has 15 fully saturated rings. The van der Waals surface area contributed by atoms with Crippen LogP contribution in [0.2, 0.25) is 0 Å². The summed E-state index contributed by atoms with van der Waals surface area (Å²) in [5.74, 6) is 7.14. The Bertz CT molecular complexity index is 3110. The van der Waals surface area contributed by atoms with E-state index in [0.717, 1.165) is 118 Å². The Morgan fingerprint density at radius 2 is 0.752 bits per heavy atom. The largest absolute Gasteiger partial charge is 0.396 e. The second-order valence-corrected chi connectivity index (χ2v) is 58.4. The zero-order chi connectivity index (χ0) is 111. The number of alkyl halides is 9. The minimum atomic E-state index is -4.06. The van der Waals surface area contributed by atoms with E-state index in [1.807, 2.05) is 48.5 Å². The molecule has 145 heavy (non-hydrogen) atoms. The van der Waals surface area contributed by atoms with Crippen LogP contribution in [0.1, 0.15) is 382 Å². The van der Waals surface area contributed by atoms with Crippen LogP contribution < -0.4 is 74.4 Å². The fourth-order valence-corrected chi connectivity index (χ4v) is 24.0. The van der Waals surface area contributed by atoms with Gasteiger partial charge in [-0.2, -0.15) is 13.2 Å². The number of morpholine rings is 1. The average Bonchev–Trinajstić information content (AvgIpc) is 1.57. The van der Waals surface area contributed by atoms with Crippen molar-refractivity contribution in [3.63, 3.8) is 0 Å². The molecule has 870 valence electrons. The summed E-state index contributed by atoms with van der Waals surface area (Å²) in [5.41, 5.74) is -0.378. The molecule has 14 N–H and O–H groups in total. The molecule has 0 aromatic rings. The minimum Gasteiger partial charge on any atom is -0.375 e. The molecule has 14 heterocycles. The van der Waals surface area contributed by atoms with Crippen molar-refractivity contribution in [1.29, 1.82) is 0 Å². The molecule has 15 rings (SSSR count). The van der Waals surface area contributed by atoms with Crippen molar-refractivity contribution in [2.24, 2.45) is 166 Å². The molecule has 0 amide bonds. The predicted molar refractivity (Wildman–Crippen MR) is 611 cm³/mol. The first-order valence-electron chi connectivity index (χ1n) is 58.4. The lowest BCUT2D eigenvalue weighted by Gasteiger charge is -2.45. The summed E-state index contributed by atoms with van der Waals surface area (Å²) in [6.07, 6.45) is 9.62. The fourth-order valence-electron chi connectivity index (χ4n) is 24.0. The Kier molecular flexibility index (Phi) is 60.8. The van der Waals surface area contributed by atoms with Gasteiger partial charge in [-0.1, -0.05) is 291 Å². The molecule has 0 radical (unpaired) electrons. The maximum Gasteiger partial charge on any atom is 0.396 e. The highest BCUT2D eigenvalue weighted by molar-refractivity contribution is 5.08. The summed E-state index contributed by atoms with van der Waals surface area (Å²) >= 11 is 0. The van der Waals surface area contributed by atoms with Crippen LogP contribution in [0, 0.1) is 166 Å². The van der Waals surface area contributed by atoms with Gasteiger partial charge in [0.05, 0.1) is 24.7 Å². The number of piperidine rings is 7. The maximum absolute atomic E-state index is 14.0. The van der Waals surface area contributed by atoms with E-state index in [1.165, 1.54) is 143 Å². The van der Waals surface area contributed by atoms with Crippen LogP contribution in [-0.2, 0) is 4.74 Å². The Balaban J connectivity index is 0.000000781. The molecule has 0 aromatic carbocycles. The van der Waals surface area contributed by atoms with Crippen LogP contribution >= 0.6 is 0 Å². The van der Waals surface area contributed by atoms with Gasteiger partial charge in [0.25, 0.3) is 5.92 Å². The topological polar surface area (TPSA) is 178 Å². The molecule has 15 unspecified atom stereocenters. The van der Waals surface area contributed by atoms with Crippen LogP contribution in [0.5, 0.6) is 0 Å². The van der Waals surface area contributed by atoms with E-state index in [0.29, 0.717) is 102 Å². The molecule has 15 aliphatic rings. The van der Waals surface area contributed by atoms with E-state index >= 15 is 0 Å². The van der Waals surface area contributed by atoms with E-state index in [1.54, 1.807) is 20.8 Å². The van der Waals surface area contributed by atoms with Crippen LogP contribution in [0.3, 0.4) is 0 Å². The Hall–Kier alpha value is -1.23. The van der Waals surface area contributed by atoms with Crippen molar-refractivity contribution < 1.29 is 44.3 Å². The first kappa shape index (κ1) is 142. The highest BCUT2D eigenvalue weighted by Crippen LogP contribution is 2.58. The van der Waals surface area contributed by atoms with Crippen LogP contribution in [0.25, 0.3) is 0 Å². The van der Waals surface area contributed by atoms with Crippen molar-refractivity contribution in [1.82, 2.24) is 74.4 Å². The quantitative estimate of drug-likeness (QED) is 0.113. The van der Waals surface area contributed by atoms with Gasteiger partial charge < -0.3 is 79.2 Å². The number of nitrogens with one attached hydrogen (secondary N) is 14. The predicted octanol–water partition coefficient (Wildman–Crippen LogP) is 26.2. The monoisotopic (exact) mass is 2080 g/mol.